The zero-order valence-electron chi connectivity index (χ0n) is 14.7. The Morgan fingerprint density at radius 2 is 2.17 bits per heavy atom. The highest BCUT2D eigenvalue weighted by molar-refractivity contribution is 5.87. The number of nitrogens with one attached hydrogen (secondary N) is 1. The molecule has 1 atom stereocenters. The lowest BCUT2D eigenvalue weighted by molar-refractivity contribution is -0.142. The molecule has 2 rings (SSSR count). The van der Waals surface area contributed by atoms with Gasteiger partial charge in [-0.05, 0) is 32.6 Å². The molecule has 2 heterocycles. The van der Waals surface area contributed by atoms with Crippen molar-refractivity contribution in [1.29, 1.82) is 0 Å². The Morgan fingerprint density at radius 3 is 2.78 bits per heavy atom. The normalized spacial score (nSPS) is 18.3. The molecule has 0 aliphatic carbocycles. The van der Waals surface area contributed by atoms with Crippen LogP contribution in [0.3, 0.4) is 0 Å². The van der Waals surface area contributed by atoms with E-state index in [4.69, 9.17) is 0 Å². The summed E-state index contributed by atoms with van der Waals surface area (Å²) in [4.78, 5) is 26.6. The minimum atomic E-state index is -0.367. The molecule has 1 aromatic rings. The van der Waals surface area contributed by atoms with Gasteiger partial charge in [0.05, 0.1) is 18.4 Å². The van der Waals surface area contributed by atoms with Crippen LogP contribution in [0.5, 0.6) is 0 Å². The first kappa shape index (κ1) is 17.4. The molecule has 0 bridgehead atoms. The molecule has 0 saturated heterocycles. The van der Waals surface area contributed by atoms with E-state index in [9.17, 15) is 9.59 Å². The van der Waals surface area contributed by atoms with Gasteiger partial charge >= 0.3 is 0 Å². The first-order valence-electron chi connectivity index (χ1n) is 8.22. The topological polar surface area (TPSA) is 80.1 Å². The Hall–Kier alpha value is -1.92. The summed E-state index contributed by atoms with van der Waals surface area (Å²) in [6.45, 7) is 10.6. The Labute approximate surface area is 137 Å². The predicted molar refractivity (Wildman–Crippen MR) is 86.4 cm³/mol. The predicted octanol–water partition coefficient (Wildman–Crippen LogP) is 1.51. The van der Waals surface area contributed by atoms with E-state index in [-0.39, 0.29) is 29.9 Å². The third-order valence-corrected chi connectivity index (χ3v) is 4.28. The van der Waals surface area contributed by atoms with Crippen LogP contribution >= 0.6 is 0 Å². The zero-order valence-corrected chi connectivity index (χ0v) is 14.7. The van der Waals surface area contributed by atoms with Crippen LogP contribution < -0.4 is 5.32 Å². The fourth-order valence-corrected chi connectivity index (χ4v) is 2.69. The van der Waals surface area contributed by atoms with E-state index in [1.807, 2.05) is 20.8 Å². The fourth-order valence-electron chi connectivity index (χ4n) is 2.69. The number of nitrogens with zero attached hydrogens (tertiary/aromatic N) is 4. The number of amides is 2. The summed E-state index contributed by atoms with van der Waals surface area (Å²) < 4.78 is 1.70. The molecule has 0 unspecified atom stereocenters. The van der Waals surface area contributed by atoms with Crippen molar-refractivity contribution in [3.8, 4) is 0 Å². The van der Waals surface area contributed by atoms with Gasteiger partial charge < -0.3 is 10.2 Å². The second-order valence-electron chi connectivity index (χ2n) is 7.30. The second kappa shape index (κ2) is 6.68. The maximum absolute atomic E-state index is 12.7. The van der Waals surface area contributed by atoms with E-state index in [1.54, 1.807) is 15.8 Å². The summed E-state index contributed by atoms with van der Waals surface area (Å²) in [5.74, 6) is 0.171. The van der Waals surface area contributed by atoms with E-state index in [0.29, 0.717) is 18.9 Å². The number of fused-ring (bicyclic) bond motifs is 1. The number of carbonyl (C=O) groups excluding carboxylic acids is 2. The van der Waals surface area contributed by atoms with Crippen LogP contribution in [0, 0.1) is 5.92 Å². The maximum Gasteiger partial charge on any atom is 0.248 e. The molecule has 0 radical (unpaired) electrons. The van der Waals surface area contributed by atoms with Crippen LogP contribution in [0.4, 0.5) is 0 Å². The maximum atomic E-state index is 12.7. The number of carbonyl (C=O) groups is 2. The van der Waals surface area contributed by atoms with E-state index in [1.165, 1.54) is 0 Å². The minimum Gasteiger partial charge on any atom is -0.350 e. The van der Waals surface area contributed by atoms with E-state index in [0.717, 1.165) is 12.1 Å². The number of rotatable bonds is 6. The van der Waals surface area contributed by atoms with Crippen LogP contribution in [-0.4, -0.2) is 43.8 Å². The van der Waals surface area contributed by atoms with Gasteiger partial charge in [-0.3, -0.25) is 9.59 Å². The van der Waals surface area contributed by atoms with Gasteiger partial charge in [0.2, 0.25) is 11.8 Å². The lowest BCUT2D eigenvalue weighted by Gasteiger charge is -2.34. The highest BCUT2D eigenvalue weighted by Gasteiger charge is 2.35. The number of hydrogen-bond acceptors (Lipinski definition) is 4. The Bertz CT molecular complexity index is 579. The van der Waals surface area contributed by atoms with Crippen LogP contribution in [0.2, 0.25) is 0 Å². The Morgan fingerprint density at radius 1 is 1.48 bits per heavy atom. The number of aromatic nitrogens is 3. The largest absolute Gasteiger partial charge is 0.350 e. The van der Waals surface area contributed by atoms with Crippen molar-refractivity contribution in [3.63, 3.8) is 0 Å². The highest BCUT2D eigenvalue weighted by atomic mass is 16.2. The quantitative estimate of drug-likeness (QED) is 0.861. The fraction of sp³-hybridized carbons (Fsp3) is 0.750. The van der Waals surface area contributed by atoms with Crippen molar-refractivity contribution in [2.24, 2.45) is 5.92 Å². The van der Waals surface area contributed by atoms with Gasteiger partial charge in [0.25, 0.3) is 0 Å². The summed E-state index contributed by atoms with van der Waals surface area (Å²) in [6, 6.07) is -0.367. The van der Waals surface area contributed by atoms with Crippen molar-refractivity contribution >= 4 is 11.8 Å². The lowest BCUT2D eigenvalue weighted by Crippen LogP contribution is -2.51. The molecule has 7 nitrogen and oxygen atoms in total. The van der Waals surface area contributed by atoms with Gasteiger partial charge in [-0.2, -0.15) is 0 Å². The molecule has 23 heavy (non-hydrogen) atoms. The van der Waals surface area contributed by atoms with Crippen LogP contribution in [-0.2, 0) is 16.1 Å². The molecule has 2 amide bonds. The minimum absolute atomic E-state index is 0.0545. The molecule has 0 spiro atoms. The summed E-state index contributed by atoms with van der Waals surface area (Å²) in [6.07, 6.45) is 3.19. The van der Waals surface area contributed by atoms with Crippen molar-refractivity contribution in [3.05, 3.63) is 11.9 Å². The number of hydrogen-bond donors (Lipinski definition) is 1. The zero-order chi connectivity index (χ0) is 17.2. The molecule has 7 heteroatoms. The standard InChI is InChI=1S/C16H27N5O2/c1-6-16(4,5)18-14(22)10-20-9-12-8-17-19-21(12)13(15(20)23)7-11(2)3/h8,11,13H,6-7,9-10H2,1-5H3,(H,18,22)/t13-/m0/s1. The van der Waals surface area contributed by atoms with Crippen LogP contribution in [0.1, 0.15) is 59.2 Å². The van der Waals surface area contributed by atoms with E-state index >= 15 is 0 Å². The third-order valence-electron chi connectivity index (χ3n) is 4.28. The average Bonchev–Trinajstić information content (AvgIpc) is 2.90. The average molecular weight is 321 g/mol. The Kier molecular flexibility index (Phi) is 5.06. The van der Waals surface area contributed by atoms with Gasteiger partial charge in [-0.15, -0.1) is 5.10 Å². The molecule has 0 saturated carbocycles. The van der Waals surface area contributed by atoms with Crippen LogP contribution in [0.25, 0.3) is 0 Å². The summed E-state index contributed by atoms with van der Waals surface area (Å²) in [5, 5.41) is 10.9. The van der Waals surface area contributed by atoms with Crippen molar-refractivity contribution in [1.82, 2.24) is 25.2 Å². The van der Waals surface area contributed by atoms with Gasteiger partial charge in [-0.1, -0.05) is 26.0 Å². The first-order chi connectivity index (χ1) is 10.7. The van der Waals surface area contributed by atoms with Crippen molar-refractivity contribution in [2.75, 3.05) is 6.54 Å². The molecular formula is C16H27N5O2. The van der Waals surface area contributed by atoms with Crippen molar-refractivity contribution < 1.29 is 9.59 Å². The first-order valence-corrected chi connectivity index (χ1v) is 8.22. The van der Waals surface area contributed by atoms with Gasteiger partial charge in [0.15, 0.2) is 0 Å². The van der Waals surface area contributed by atoms with Crippen LogP contribution in [0.15, 0.2) is 6.20 Å². The molecule has 1 aromatic heterocycles. The third kappa shape index (κ3) is 4.09. The summed E-state index contributed by atoms with van der Waals surface area (Å²) >= 11 is 0. The molecule has 128 valence electrons. The SMILES string of the molecule is CCC(C)(C)NC(=O)CN1Cc2cnnn2[C@@H](CC(C)C)C1=O. The summed E-state index contributed by atoms with van der Waals surface area (Å²) in [5.41, 5.74) is 0.606. The smallest absolute Gasteiger partial charge is 0.248 e. The highest BCUT2D eigenvalue weighted by Crippen LogP contribution is 2.26. The van der Waals surface area contributed by atoms with Gasteiger partial charge in [0, 0.05) is 5.54 Å². The second-order valence-corrected chi connectivity index (χ2v) is 7.30. The molecule has 0 aromatic carbocycles. The molecular weight excluding hydrogens is 294 g/mol. The van der Waals surface area contributed by atoms with Gasteiger partial charge in [-0.25, -0.2) is 4.68 Å². The lowest BCUT2D eigenvalue weighted by atomic mass is 10.0. The van der Waals surface area contributed by atoms with E-state index in [2.05, 4.69) is 29.5 Å². The molecule has 1 N–H and O–H groups in total. The molecule has 1 aliphatic heterocycles. The summed E-state index contributed by atoms with van der Waals surface area (Å²) in [7, 11) is 0. The van der Waals surface area contributed by atoms with Gasteiger partial charge in [0.1, 0.15) is 12.6 Å². The molecule has 0 fully saturated rings. The monoisotopic (exact) mass is 321 g/mol. The molecule has 1 aliphatic rings. The Balaban J connectivity index is 2.12. The van der Waals surface area contributed by atoms with Crippen molar-refractivity contribution in [2.45, 2.75) is 65.6 Å². The van der Waals surface area contributed by atoms with E-state index < -0.39 is 0 Å².